The topological polar surface area (TPSA) is 44.7 Å². The number of nitrogens with one attached hydrogen (secondary N) is 1. The summed E-state index contributed by atoms with van der Waals surface area (Å²) in [6.45, 7) is 10.8. The van der Waals surface area contributed by atoms with Gasteiger partial charge in [0.2, 0.25) is 0 Å². The molecule has 2 aliphatic rings. The van der Waals surface area contributed by atoms with Gasteiger partial charge in [-0.2, -0.15) is 0 Å². The first kappa shape index (κ1) is 17.2. The van der Waals surface area contributed by atoms with Gasteiger partial charge < -0.3 is 15.2 Å². The van der Waals surface area contributed by atoms with Crippen LogP contribution in [-0.4, -0.2) is 60.5 Å². The molecule has 2 N–H and O–H groups in total. The summed E-state index contributed by atoms with van der Waals surface area (Å²) in [6, 6.07) is 0.678. The van der Waals surface area contributed by atoms with E-state index < -0.39 is 0 Å². The Bertz CT molecular complexity index is 309. The Morgan fingerprint density at radius 2 is 2.05 bits per heavy atom. The van der Waals surface area contributed by atoms with Crippen LogP contribution in [0.25, 0.3) is 0 Å². The molecule has 124 valence electrons. The number of hydrogen-bond donors (Lipinski definition) is 2. The van der Waals surface area contributed by atoms with Gasteiger partial charge in [-0.25, -0.2) is 0 Å². The lowest BCUT2D eigenvalue weighted by molar-refractivity contribution is -0.151. The van der Waals surface area contributed by atoms with Gasteiger partial charge in [0, 0.05) is 25.7 Å². The maximum Gasteiger partial charge on any atom is 0.0940 e. The van der Waals surface area contributed by atoms with Crippen molar-refractivity contribution in [2.75, 3.05) is 32.8 Å². The molecule has 0 aromatic heterocycles. The highest BCUT2D eigenvalue weighted by Gasteiger charge is 2.35. The maximum atomic E-state index is 9.45. The summed E-state index contributed by atoms with van der Waals surface area (Å²) in [5.41, 5.74) is -0.146. The first-order chi connectivity index (χ1) is 10.0. The van der Waals surface area contributed by atoms with Crippen LogP contribution in [0.3, 0.4) is 0 Å². The van der Waals surface area contributed by atoms with Crippen LogP contribution in [-0.2, 0) is 4.74 Å². The first-order valence-electron chi connectivity index (χ1n) is 8.78. The van der Waals surface area contributed by atoms with E-state index in [0.717, 1.165) is 32.1 Å². The zero-order chi connectivity index (χ0) is 15.3. The Hall–Kier alpha value is -0.160. The zero-order valence-electron chi connectivity index (χ0n) is 14.1. The van der Waals surface area contributed by atoms with E-state index in [2.05, 4.69) is 31.0 Å². The summed E-state index contributed by atoms with van der Waals surface area (Å²) in [5.74, 6) is 0.749. The fraction of sp³-hybridized carbons (Fsp3) is 1.00. The predicted molar refractivity (Wildman–Crippen MR) is 86.5 cm³/mol. The van der Waals surface area contributed by atoms with E-state index in [-0.39, 0.29) is 18.3 Å². The average Bonchev–Trinajstić information content (AvgIpc) is 2.44. The first-order valence-corrected chi connectivity index (χ1v) is 8.78. The molecular formula is C17H34N2O2. The van der Waals surface area contributed by atoms with Gasteiger partial charge in [0.05, 0.1) is 18.3 Å². The molecule has 0 spiro atoms. The van der Waals surface area contributed by atoms with Crippen LogP contribution < -0.4 is 5.32 Å². The highest BCUT2D eigenvalue weighted by Crippen LogP contribution is 2.28. The molecule has 0 aromatic rings. The van der Waals surface area contributed by atoms with Crippen LogP contribution in [0.1, 0.15) is 52.9 Å². The molecule has 0 radical (unpaired) electrons. The fourth-order valence-electron chi connectivity index (χ4n) is 4.01. The second-order valence-electron chi connectivity index (χ2n) is 7.48. The van der Waals surface area contributed by atoms with Crippen LogP contribution in [0.5, 0.6) is 0 Å². The van der Waals surface area contributed by atoms with Gasteiger partial charge in [-0.3, -0.25) is 4.90 Å². The van der Waals surface area contributed by atoms with E-state index in [4.69, 9.17) is 4.74 Å². The molecule has 1 aliphatic heterocycles. The van der Waals surface area contributed by atoms with Gasteiger partial charge in [-0.05, 0) is 45.6 Å². The molecule has 0 amide bonds. The number of rotatable bonds is 6. The molecule has 2 rings (SSSR count). The van der Waals surface area contributed by atoms with Crippen LogP contribution in [0.4, 0.5) is 0 Å². The third kappa shape index (κ3) is 5.20. The van der Waals surface area contributed by atoms with Crippen LogP contribution in [0.2, 0.25) is 0 Å². The van der Waals surface area contributed by atoms with Gasteiger partial charge in [0.25, 0.3) is 0 Å². The minimum atomic E-state index is -0.146. The SMILES string of the molecule is CCCNC1CCCCC1CN1CC(CO)OC(C)(C)C1. The molecule has 0 aromatic carbocycles. The molecule has 4 heteroatoms. The Labute approximate surface area is 130 Å². The van der Waals surface area contributed by atoms with Crippen LogP contribution in [0.15, 0.2) is 0 Å². The highest BCUT2D eigenvalue weighted by molar-refractivity contribution is 4.88. The number of nitrogens with zero attached hydrogens (tertiary/aromatic N) is 1. The molecule has 21 heavy (non-hydrogen) atoms. The van der Waals surface area contributed by atoms with Crippen molar-refractivity contribution in [3.05, 3.63) is 0 Å². The van der Waals surface area contributed by atoms with Crippen molar-refractivity contribution in [2.45, 2.75) is 70.6 Å². The molecule has 1 saturated carbocycles. The van der Waals surface area contributed by atoms with E-state index in [9.17, 15) is 5.11 Å². The fourth-order valence-corrected chi connectivity index (χ4v) is 4.01. The third-order valence-electron chi connectivity index (χ3n) is 4.81. The lowest BCUT2D eigenvalue weighted by atomic mass is 9.83. The number of morpholine rings is 1. The summed E-state index contributed by atoms with van der Waals surface area (Å²) in [5, 5.41) is 13.2. The van der Waals surface area contributed by atoms with Crippen molar-refractivity contribution in [2.24, 2.45) is 5.92 Å². The smallest absolute Gasteiger partial charge is 0.0940 e. The van der Waals surface area contributed by atoms with E-state index in [1.807, 2.05) is 0 Å². The van der Waals surface area contributed by atoms with Gasteiger partial charge in [-0.1, -0.05) is 19.8 Å². The standard InChI is InChI=1S/C17H34N2O2/c1-4-9-18-16-8-6-5-7-14(16)10-19-11-15(12-20)21-17(2,3)13-19/h14-16,18,20H,4-13H2,1-3H3. The second-order valence-corrected chi connectivity index (χ2v) is 7.48. The van der Waals surface area contributed by atoms with E-state index in [1.165, 1.54) is 32.1 Å². The highest BCUT2D eigenvalue weighted by atomic mass is 16.5. The van der Waals surface area contributed by atoms with E-state index >= 15 is 0 Å². The summed E-state index contributed by atoms with van der Waals surface area (Å²) in [7, 11) is 0. The van der Waals surface area contributed by atoms with Crippen molar-refractivity contribution in [3.63, 3.8) is 0 Å². The van der Waals surface area contributed by atoms with Crippen molar-refractivity contribution < 1.29 is 9.84 Å². The van der Waals surface area contributed by atoms with Crippen LogP contribution in [0, 0.1) is 5.92 Å². The van der Waals surface area contributed by atoms with E-state index in [0.29, 0.717) is 6.04 Å². The van der Waals surface area contributed by atoms with Crippen molar-refractivity contribution in [3.8, 4) is 0 Å². The summed E-state index contributed by atoms with van der Waals surface area (Å²) < 4.78 is 5.93. The molecule has 1 aliphatic carbocycles. The molecule has 3 atom stereocenters. The summed E-state index contributed by atoms with van der Waals surface area (Å²) >= 11 is 0. The molecule has 1 heterocycles. The Balaban J connectivity index is 1.91. The monoisotopic (exact) mass is 298 g/mol. The largest absolute Gasteiger partial charge is 0.394 e. The molecule has 2 fully saturated rings. The molecule has 0 bridgehead atoms. The van der Waals surface area contributed by atoms with Crippen LogP contribution >= 0.6 is 0 Å². The van der Waals surface area contributed by atoms with Crippen molar-refractivity contribution in [1.82, 2.24) is 10.2 Å². The zero-order valence-corrected chi connectivity index (χ0v) is 14.1. The second kappa shape index (κ2) is 7.91. The molecular weight excluding hydrogens is 264 g/mol. The number of hydrogen-bond acceptors (Lipinski definition) is 4. The number of aliphatic hydroxyl groups is 1. The van der Waals surface area contributed by atoms with E-state index in [1.54, 1.807) is 0 Å². The Morgan fingerprint density at radius 1 is 1.29 bits per heavy atom. The predicted octanol–water partition coefficient (Wildman–Crippen LogP) is 2.02. The Morgan fingerprint density at radius 3 is 2.76 bits per heavy atom. The lowest BCUT2D eigenvalue weighted by Crippen LogP contribution is -2.56. The normalized spacial score (nSPS) is 34.0. The number of ether oxygens (including phenoxy) is 1. The minimum Gasteiger partial charge on any atom is -0.394 e. The number of aliphatic hydroxyl groups excluding tert-OH is 1. The van der Waals surface area contributed by atoms with Gasteiger partial charge in [0.15, 0.2) is 0 Å². The third-order valence-corrected chi connectivity index (χ3v) is 4.81. The Kier molecular flexibility index (Phi) is 6.48. The maximum absolute atomic E-state index is 9.45. The van der Waals surface area contributed by atoms with Gasteiger partial charge in [0.1, 0.15) is 0 Å². The summed E-state index contributed by atoms with van der Waals surface area (Å²) in [6.07, 6.45) is 6.57. The molecule has 4 nitrogen and oxygen atoms in total. The van der Waals surface area contributed by atoms with Crippen molar-refractivity contribution >= 4 is 0 Å². The quantitative estimate of drug-likeness (QED) is 0.787. The average molecular weight is 298 g/mol. The molecule has 1 saturated heterocycles. The molecule has 3 unspecified atom stereocenters. The lowest BCUT2D eigenvalue weighted by Gasteiger charge is -2.45. The minimum absolute atomic E-state index is 0.0283. The van der Waals surface area contributed by atoms with Gasteiger partial charge in [-0.15, -0.1) is 0 Å². The van der Waals surface area contributed by atoms with Crippen molar-refractivity contribution in [1.29, 1.82) is 0 Å². The van der Waals surface area contributed by atoms with Gasteiger partial charge >= 0.3 is 0 Å². The summed E-state index contributed by atoms with van der Waals surface area (Å²) in [4.78, 5) is 2.51.